The third-order valence-electron chi connectivity index (χ3n) is 4.63. The number of rotatable bonds is 6. The molecule has 2 heterocycles. The van der Waals surface area contributed by atoms with E-state index in [1.165, 1.54) is 40.9 Å². The third kappa shape index (κ3) is 3.35. The Labute approximate surface area is 159 Å². The Morgan fingerprint density at radius 3 is 2.63 bits per heavy atom. The summed E-state index contributed by atoms with van der Waals surface area (Å²) >= 11 is 1.39. The van der Waals surface area contributed by atoms with Crippen molar-refractivity contribution in [2.24, 2.45) is 0 Å². The van der Waals surface area contributed by atoms with Gasteiger partial charge in [0.15, 0.2) is 0 Å². The molecule has 1 atom stereocenters. The van der Waals surface area contributed by atoms with E-state index < -0.39 is 10.9 Å². The van der Waals surface area contributed by atoms with Gasteiger partial charge in [-0.25, -0.2) is 4.79 Å². The molecule has 0 saturated carbocycles. The van der Waals surface area contributed by atoms with Crippen LogP contribution < -0.4 is 0 Å². The Morgan fingerprint density at radius 1 is 1.41 bits per heavy atom. The van der Waals surface area contributed by atoms with E-state index in [-0.39, 0.29) is 36.5 Å². The lowest BCUT2D eigenvalue weighted by atomic mass is 9.90. The van der Waals surface area contributed by atoms with Crippen LogP contribution in [0.1, 0.15) is 18.9 Å². The number of hydrogen-bond acceptors (Lipinski definition) is 7. The second-order valence-electron chi connectivity index (χ2n) is 6.22. The number of β-lactam (4-membered cyclic amide) rings is 1. The second kappa shape index (κ2) is 7.53. The van der Waals surface area contributed by atoms with Gasteiger partial charge in [-0.05, 0) is 36.4 Å². The van der Waals surface area contributed by atoms with E-state index in [2.05, 4.69) is 0 Å². The molecule has 0 aliphatic carbocycles. The fourth-order valence-electron chi connectivity index (χ4n) is 3.21. The number of benzene rings is 1. The van der Waals surface area contributed by atoms with Crippen LogP contribution in [0.3, 0.4) is 0 Å². The van der Waals surface area contributed by atoms with Crippen LogP contribution in [0.25, 0.3) is 0 Å². The van der Waals surface area contributed by atoms with E-state index in [4.69, 9.17) is 4.74 Å². The highest BCUT2D eigenvalue weighted by molar-refractivity contribution is 8.02. The predicted molar refractivity (Wildman–Crippen MR) is 98.5 cm³/mol. The van der Waals surface area contributed by atoms with Crippen molar-refractivity contribution in [3.05, 3.63) is 61.7 Å². The number of nitro benzene ring substituents is 1. The molecule has 1 aromatic carbocycles. The van der Waals surface area contributed by atoms with Crippen LogP contribution >= 0.6 is 11.8 Å². The monoisotopic (exact) mass is 390 g/mol. The maximum atomic E-state index is 12.6. The number of carbonyl (C=O) groups excluding carboxylic acids is 2. The topological polar surface area (TPSA) is 110 Å². The summed E-state index contributed by atoms with van der Waals surface area (Å²) in [5, 5.41) is 20.0. The number of nitro groups is 1. The Morgan fingerprint density at radius 2 is 2.07 bits per heavy atom. The molecule has 9 heteroatoms. The normalized spacial score (nSPS) is 20.3. The first kappa shape index (κ1) is 19.1. The van der Waals surface area contributed by atoms with Gasteiger partial charge in [-0.15, -0.1) is 11.8 Å². The Hall–Kier alpha value is -2.65. The van der Waals surface area contributed by atoms with E-state index in [9.17, 15) is 24.8 Å². The molecule has 27 heavy (non-hydrogen) atoms. The predicted octanol–water partition coefficient (Wildman–Crippen LogP) is 2.14. The maximum absolute atomic E-state index is 12.6. The second-order valence-corrected chi connectivity index (χ2v) is 7.12. The van der Waals surface area contributed by atoms with Gasteiger partial charge in [0.25, 0.3) is 11.6 Å². The number of fused-ring (bicyclic) bond motifs is 1. The summed E-state index contributed by atoms with van der Waals surface area (Å²) in [6, 6.07) is 5.50. The molecular formula is C18H18N2O6S. The Balaban J connectivity index is 1.72. The zero-order chi connectivity index (χ0) is 19.7. The van der Waals surface area contributed by atoms with Gasteiger partial charge in [0.1, 0.15) is 12.3 Å². The van der Waals surface area contributed by atoms with Crippen molar-refractivity contribution in [2.75, 3.05) is 12.9 Å². The average molecular weight is 390 g/mol. The summed E-state index contributed by atoms with van der Waals surface area (Å²) in [5.41, 5.74) is 1.99. The van der Waals surface area contributed by atoms with Crippen molar-refractivity contribution < 1.29 is 24.4 Å². The maximum Gasteiger partial charge on any atom is 0.356 e. The van der Waals surface area contributed by atoms with Gasteiger partial charge < -0.3 is 9.84 Å². The van der Waals surface area contributed by atoms with Gasteiger partial charge in [-0.1, -0.05) is 0 Å². The molecule has 8 nitrogen and oxygen atoms in total. The molecule has 1 amide bonds. The van der Waals surface area contributed by atoms with Crippen molar-refractivity contribution in [1.82, 2.24) is 4.90 Å². The van der Waals surface area contributed by atoms with Crippen LogP contribution in [0.4, 0.5) is 5.69 Å². The summed E-state index contributed by atoms with van der Waals surface area (Å²) in [4.78, 5) is 37.4. The molecule has 2 aliphatic heterocycles. The first-order valence-corrected chi connectivity index (χ1v) is 9.43. The van der Waals surface area contributed by atoms with Crippen LogP contribution in [0.2, 0.25) is 0 Å². The minimum atomic E-state index is -0.603. The molecule has 142 valence electrons. The van der Waals surface area contributed by atoms with Gasteiger partial charge >= 0.3 is 5.97 Å². The van der Waals surface area contributed by atoms with Crippen LogP contribution in [-0.2, 0) is 20.9 Å². The summed E-state index contributed by atoms with van der Waals surface area (Å²) in [5.74, 6) is -0.882. The largest absolute Gasteiger partial charge is 0.456 e. The highest BCUT2D eigenvalue weighted by atomic mass is 32.2. The minimum absolute atomic E-state index is 0.0409. The van der Waals surface area contributed by atoms with E-state index >= 15 is 0 Å². The number of non-ortho nitro benzene ring substituents is 1. The molecule has 0 aromatic heterocycles. The first-order chi connectivity index (χ1) is 12.9. The van der Waals surface area contributed by atoms with E-state index in [0.29, 0.717) is 23.1 Å². The highest BCUT2D eigenvalue weighted by Gasteiger charge is 2.52. The van der Waals surface area contributed by atoms with Crippen molar-refractivity contribution in [3.63, 3.8) is 0 Å². The standard InChI is InChI=1S/C18H18N2O6S/c1-10(8-21)15-13-7-14(27-2)16(19(13)17(15)22)18(23)26-9-11-3-5-12(6-4-11)20(24)25/h3-6,13,21H,7-9H2,1-2H3/b15-10+. The molecular weight excluding hydrogens is 372 g/mol. The molecule has 0 spiro atoms. The van der Waals surface area contributed by atoms with Crippen molar-refractivity contribution >= 4 is 29.3 Å². The lowest BCUT2D eigenvalue weighted by Gasteiger charge is -2.39. The average Bonchev–Trinajstić information content (AvgIpc) is 3.00. The number of amides is 1. The Kier molecular flexibility index (Phi) is 5.33. The van der Waals surface area contributed by atoms with Gasteiger partial charge in [-0.3, -0.25) is 19.8 Å². The van der Waals surface area contributed by atoms with Crippen LogP contribution in [0.15, 0.2) is 46.0 Å². The lowest BCUT2D eigenvalue weighted by molar-refractivity contribution is -0.384. The van der Waals surface area contributed by atoms with Gasteiger partial charge in [0.05, 0.1) is 17.6 Å². The SMILES string of the molecule is CSC1=C(C(=O)OCc2ccc([N+](=O)[O-])cc2)N2C(=O)/C(=C(\C)CO)C2C1. The van der Waals surface area contributed by atoms with E-state index in [1.807, 2.05) is 6.26 Å². The number of ether oxygens (including phenoxy) is 1. The zero-order valence-corrected chi connectivity index (χ0v) is 15.6. The summed E-state index contributed by atoms with van der Waals surface area (Å²) in [6.07, 6.45) is 2.36. The van der Waals surface area contributed by atoms with E-state index in [0.717, 1.165) is 4.91 Å². The molecule has 0 bridgehead atoms. The lowest BCUT2D eigenvalue weighted by Crippen LogP contribution is -2.53. The number of hydrogen-bond donors (Lipinski definition) is 1. The van der Waals surface area contributed by atoms with Gasteiger partial charge in [0, 0.05) is 29.0 Å². The highest BCUT2D eigenvalue weighted by Crippen LogP contribution is 2.46. The number of esters is 1. The third-order valence-corrected chi connectivity index (χ3v) is 5.48. The zero-order valence-electron chi connectivity index (χ0n) is 14.8. The molecule has 1 aromatic rings. The minimum Gasteiger partial charge on any atom is -0.456 e. The van der Waals surface area contributed by atoms with Crippen molar-refractivity contribution in [2.45, 2.75) is 26.0 Å². The molecule has 3 rings (SSSR count). The first-order valence-electron chi connectivity index (χ1n) is 8.20. The van der Waals surface area contributed by atoms with E-state index in [1.54, 1.807) is 6.92 Å². The molecule has 1 N–H and O–H groups in total. The number of thioether (sulfide) groups is 1. The van der Waals surface area contributed by atoms with Gasteiger partial charge in [-0.2, -0.15) is 0 Å². The fraction of sp³-hybridized carbons (Fsp3) is 0.333. The molecule has 0 radical (unpaired) electrons. The number of nitrogens with zero attached hydrogens (tertiary/aromatic N) is 2. The number of aliphatic hydroxyl groups excluding tert-OH is 1. The summed E-state index contributed by atoms with van der Waals surface area (Å²) in [6.45, 7) is 1.46. The van der Waals surface area contributed by atoms with Crippen molar-refractivity contribution in [3.8, 4) is 0 Å². The van der Waals surface area contributed by atoms with Gasteiger partial charge in [0.2, 0.25) is 0 Å². The molecule has 1 fully saturated rings. The molecule has 1 unspecified atom stereocenters. The van der Waals surface area contributed by atoms with Crippen LogP contribution in [0, 0.1) is 10.1 Å². The smallest absolute Gasteiger partial charge is 0.356 e. The summed E-state index contributed by atoms with van der Waals surface area (Å²) in [7, 11) is 0. The van der Waals surface area contributed by atoms with Crippen LogP contribution in [0.5, 0.6) is 0 Å². The number of aliphatic hydroxyl groups is 1. The number of carbonyl (C=O) groups is 2. The van der Waals surface area contributed by atoms with Crippen molar-refractivity contribution in [1.29, 1.82) is 0 Å². The quantitative estimate of drug-likeness (QED) is 0.260. The molecule has 2 aliphatic rings. The Bertz CT molecular complexity index is 874. The fourth-order valence-corrected chi connectivity index (χ4v) is 3.91. The van der Waals surface area contributed by atoms with Crippen LogP contribution in [-0.4, -0.2) is 45.7 Å². The summed E-state index contributed by atoms with van der Waals surface area (Å²) < 4.78 is 5.33. The molecule has 1 saturated heterocycles.